The largest absolute Gasteiger partial charge is 0.508 e. The van der Waals surface area contributed by atoms with Crippen molar-refractivity contribution in [3.63, 3.8) is 0 Å². The van der Waals surface area contributed by atoms with Crippen molar-refractivity contribution in [3.8, 4) is 28.1 Å². The molecule has 67 heavy (non-hydrogen) atoms. The SMILES string of the molecule is C=CC(=O)N1C[C@H](C)[C@H](C(=O)N(C)[C@H](C(=O)N[C@H]2Cc3cc(O)cc(c3)-c3ccc4c(c3)c(c(-c3ccccc3CN(C)C)n4CC)CC(C)(C)COC(=O)[C@@H]3CCCN(N3)C2=O)C(C)C)C1. The predicted octanol–water partition coefficient (Wildman–Crippen LogP) is 6.17. The Labute approximate surface area is 395 Å². The average molecular weight is 916 g/mol. The molecule has 14 nitrogen and oxygen atoms in total. The van der Waals surface area contributed by atoms with Gasteiger partial charge in [-0.05, 0) is 110 Å². The molecule has 2 fully saturated rings. The molecule has 3 aliphatic rings. The van der Waals surface area contributed by atoms with Crippen molar-refractivity contribution in [2.45, 2.75) is 98.4 Å². The van der Waals surface area contributed by atoms with Crippen molar-refractivity contribution in [3.05, 3.63) is 90.0 Å². The number of phenols is 1. The maximum atomic E-state index is 14.8. The van der Waals surface area contributed by atoms with Gasteiger partial charge in [-0.1, -0.05) is 77.6 Å². The number of fused-ring (bicyclic) bond motifs is 6. The number of ether oxygens (including phenoxy) is 1. The van der Waals surface area contributed by atoms with Crippen LogP contribution in [0.5, 0.6) is 5.75 Å². The number of carbonyl (C=O) groups excluding carboxylic acids is 5. The van der Waals surface area contributed by atoms with Crippen LogP contribution in [0.3, 0.4) is 0 Å². The summed E-state index contributed by atoms with van der Waals surface area (Å²) in [4.78, 5) is 75.1. The molecule has 6 bridgehead atoms. The summed E-state index contributed by atoms with van der Waals surface area (Å²) in [5.41, 5.74) is 10.5. The van der Waals surface area contributed by atoms with Gasteiger partial charge in [-0.25, -0.2) is 5.43 Å². The maximum Gasteiger partial charge on any atom is 0.324 e. The lowest BCUT2D eigenvalue weighted by molar-refractivity contribution is -0.155. The van der Waals surface area contributed by atoms with Crippen LogP contribution in [0.15, 0.2) is 73.3 Å². The van der Waals surface area contributed by atoms with E-state index in [0.29, 0.717) is 31.4 Å². The molecule has 3 N–H and O–H groups in total. The van der Waals surface area contributed by atoms with Crippen molar-refractivity contribution < 1.29 is 33.8 Å². The third kappa shape index (κ3) is 10.5. The van der Waals surface area contributed by atoms with E-state index in [0.717, 1.165) is 51.9 Å². The fraction of sp³-hybridized carbons (Fsp3) is 0.491. The molecule has 3 aromatic carbocycles. The van der Waals surface area contributed by atoms with Crippen molar-refractivity contribution in [1.29, 1.82) is 0 Å². The van der Waals surface area contributed by atoms with E-state index in [1.807, 2.05) is 26.8 Å². The molecule has 14 heteroatoms. The van der Waals surface area contributed by atoms with Gasteiger partial charge in [0.15, 0.2) is 0 Å². The van der Waals surface area contributed by atoms with Gasteiger partial charge in [-0.3, -0.25) is 29.0 Å². The normalized spacial score (nSPS) is 21.5. The van der Waals surface area contributed by atoms with E-state index in [1.165, 1.54) is 21.5 Å². The number of likely N-dealkylation sites (N-methyl/N-ethyl adjacent to an activating group) is 1. The Morgan fingerprint density at radius 1 is 1.03 bits per heavy atom. The molecule has 0 spiro atoms. The molecule has 0 saturated carbocycles. The van der Waals surface area contributed by atoms with E-state index < -0.39 is 47.2 Å². The number of hydrogen-bond donors (Lipinski definition) is 3. The number of hydrogen-bond acceptors (Lipinski definition) is 9. The van der Waals surface area contributed by atoms with Crippen molar-refractivity contribution in [2.24, 2.45) is 23.2 Å². The molecule has 0 unspecified atom stereocenters. The summed E-state index contributed by atoms with van der Waals surface area (Å²) >= 11 is 0. The number of likely N-dealkylation sites (tertiary alicyclic amines) is 1. The molecule has 1 aromatic heterocycles. The summed E-state index contributed by atoms with van der Waals surface area (Å²) in [6.07, 6.45) is 2.80. The Morgan fingerprint density at radius 2 is 1.78 bits per heavy atom. The Morgan fingerprint density at radius 3 is 2.48 bits per heavy atom. The lowest BCUT2D eigenvalue weighted by Crippen LogP contribution is -2.62. The minimum Gasteiger partial charge on any atom is -0.508 e. The lowest BCUT2D eigenvalue weighted by atomic mass is 9.84. The van der Waals surface area contributed by atoms with E-state index >= 15 is 0 Å². The first-order valence-electron chi connectivity index (χ1n) is 23.7. The highest BCUT2D eigenvalue weighted by atomic mass is 16.5. The Hall–Kier alpha value is -5.99. The minimum absolute atomic E-state index is 0.000723. The molecule has 4 aromatic rings. The van der Waals surface area contributed by atoms with E-state index in [-0.39, 0.29) is 55.5 Å². The second kappa shape index (κ2) is 20.1. The summed E-state index contributed by atoms with van der Waals surface area (Å²) in [5, 5.41) is 16.8. The monoisotopic (exact) mass is 916 g/mol. The van der Waals surface area contributed by atoms with Gasteiger partial charge in [0.25, 0.3) is 5.91 Å². The van der Waals surface area contributed by atoms with Crippen LogP contribution in [0, 0.1) is 23.2 Å². The highest BCUT2D eigenvalue weighted by Gasteiger charge is 2.42. The third-order valence-corrected chi connectivity index (χ3v) is 13.7. The lowest BCUT2D eigenvalue weighted by Gasteiger charge is -2.37. The van der Waals surface area contributed by atoms with Gasteiger partial charge in [-0.2, -0.15) is 0 Å². The maximum absolute atomic E-state index is 14.8. The van der Waals surface area contributed by atoms with E-state index in [9.17, 15) is 29.1 Å². The molecule has 0 aliphatic carbocycles. The molecule has 0 radical (unpaired) electrons. The fourth-order valence-electron chi connectivity index (χ4n) is 10.4. The first-order valence-corrected chi connectivity index (χ1v) is 23.7. The molecule has 3 aliphatic heterocycles. The quantitative estimate of drug-likeness (QED) is 0.125. The summed E-state index contributed by atoms with van der Waals surface area (Å²) in [6.45, 7) is 18.1. The summed E-state index contributed by atoms with van der Waals surface area (Å²) in [6, 6.07) is 17.2. The van der Waals surface area contributed by atoms with Gasteiger partial charge in [0.05, 0.1) is 18.2 Å². The fourth-order valence-corrected chi connectivity index (χ4v) is 10.4. The van der Waals surface area contributed by atoms with Gasteiger partial charge in [0.2, 0.25) is 17.7 Å². The minimum atomic E-state index is -1.16. The van der Waals surface area contributed by atoms with E-state index in [1.54, 1.807) is 24.1 Å². The Bertz CT molecular complexity index is 2540. The zero-order valence-corrected chi connectivity index (χ0v) is 40.7. The summed E-state index contributed by atoms with van der Waals surface area (Å²) < 4.78 is 8.50. The first kappa shape index (κ1) is 48.9. The number of esters is 1. The molecule has 2 saturated heterocycles. The molecule has 358 valence electrons. The number of aromatic hydroxyl groups is 1. The number of aryl methyl sites for hydroxylation is 1. The highest BCUT2D eigenvalue weighted by Crippen LogP contribution is 2.42. The number of nitrogens with one attached hydrogen (secondary N) is 2. The van der Waals surface area contributed by atoms with Crippen LogP contribution in [-0.2, 0) is 54.6 Å². The van der Waals surface area contributed by atoms with Gasteiger partial charge in [-0.15, -0.1) is 0 Å². The molecule has 7 rings (SSSR count). The number of amides is 4. The van der Waals surface area contributed by atoms with Crippen LogP contribution < -0.4 is 10.7 Å². The Balaban J connectivity index is 1.31. The number of carbonyl (C=O) groups is 5. The van der Waals surface area contributed by atoms with Crippen LogP contribution in [0.4, 0.5) is 0 Å². The van der Waals surface area contributed by atoms with E-state index in [2.05, 4.69) is 104 Å². The number of hydrazine groups is 1. The van der Waals surface area contributed by atoms with Crippen molar-refractivity contribution >= 4 is 40.5 Å². The second-order valence-electron chi connectivity index (χ2n) is 20.3. The Kier molecular flexibility index (Phi) is 14.7. The standard InChI is InChI=1S/C53H69N7O7/c1-11-46(62)58-28-33(5)42(30-58)50(64)57(10)47(32(3)4)49(63)54-44-24-34-22-37(25-38(61)23-34)35-19-20-45-40(26-35)41(48(59(45)12-2)39-17-14-13-16-36(39)29-56(8)9)27-53(6,7)31-67-52(66)43-18-15-21-60(55-43)51(44)65/h11,13-14,16-17,19-20,22-23,25-26,32-33,42-44,47,55,61H,1,12,15,18,21,24,27-31H2,2-10H3,(H,54,63)/t33-,42+,43-,44-,47-/m0/s1. The predicted molar refractivity (Wildman–Crippen MR) is 260 cm³/mol. The molecular weight excluding hydrogens is 847 g/mol. The number of cyclic esters (lactones) is 1. The van der Waals surface area contributed by atoms with Crippen molar-refractivity contribution in [2.75, 3.05) is 47.4 Å². The number of nitrogens with zero attached hydrogens (tertiary/aromatic N) is 5. The summed E-state index contributed by atoms with van der Waals surface area (Å²) in [7, 11) is 5.73. The first-order chi connectivity index (χ1) is 31.8. The van der Waals surface area contributed by atoms with Crippen LogP contribution in [0.1, 0.15) is 71.1 Å². The van der Waals surface area contributed by atoms with Gasteiger partial charge < -0.3 is 34.4 Å². The number of benzene rings is 3. The molecule has 4 heterocycles. The van der Waals surface area contributed by atoms with Gasteiger partial charge in [0.1, 0.15) is 23.9 Å². The number of aromatic nitrogens is 1. The highest BCUT2D eigenvalue weighted by molar-refractivity contribution is 5.96. The summed E-state index contributed by atoms with van der Waals surface area (Å²) in [5.74, 6) is -2.97. The van der Waals surface area contributed by atoms with Crippen LogP contribution >= 0.6 is 0 Å². The number of phenolic OH excluding ortho intramolecular Hbond substituents is 1. The van der Waals surface area contributed by atoms with E-state index in [4.69, 9.17) is 4.74 Å². The average Bonchev–Trinajstić information content (AvgIpc) is 3.82. The topological polar surface area (TPSA) is 157 Å². The van der Waals surface area contributed by atoms with Crippen molar-refractivity contribution in [1.82, 2.24) is 35.0 Å². The molecular formula is C53H69N7O7. The van der Waals surface area contributed by atoms with Crippen LogP contribution in [-0.4, -0.2) is 124 Å². The third-order valence-electron chi connectivity index (χ3n) is 13.7. The van der Waals surface area contributed by atoms with Crippen LogP contribution in [0.2, 0.25) is 0 Å². The molecule has 4 amide bonds. The van der Waals surface area contributed by atoms with Gasteiger partial charge in [0, 0.05) is 68.1 Å². The molecule has 5 atom stereocenters. The zero-order valence-electron chi connectivity index (χ0n) is 40.7. The second-order valence-corrected chi connectivity index (χ2v) is 20.3. The van der Waals surface area contributed by atoms with Gasteiger partial charge >= 0.3 is 5.97 Å². The zero-order chi connectivity index (χ0) is 48.5. The number of rotatable bonds is 10. The smallest absolute Gasteiger partial charge is 0.324 e. The van der Waals surface area contributed by atoms with Crippen LogP contribution in [0.25, 0.3) is 33.3 Å².